The van der Waals surface area contributed by atoms with E-state index in [1.54, 1.807) is 52.0 Å². The number of aliphatic hydroxyl groups is 1. The molecule has 0 spiro atoms. The van der Waals surface area contributed by atoms with Crippen LogP contribution in [0, 0.1) is 13.8 Å². The molecule has 4 amide bonds. The first-order chi connectivity index (χ1) is 23.6. The van der Waals surface area contributed by atoms with Gasteiger partial charge in [-0.05, 0) is 92.3 Å². The summed E-state index contributed by atoms with van der Waals surface area (Å²) in [5.74, 6) is -0.464. The lowest BCUT2D eigenvalue weighted by Gasteiger charge is -2.36. The van der Waals surface area contributed by atoms with Crippen molar-refractivity contribution in [2.24, 2.45) is 0 Å². The lowest BCUT2D eigenvalue weighted by molar-refractivity contribution is 0.0544. The van der Waals surface area contributed by atoms with Gasteiger partial charge >= 0.3 is 6.03 Å². The summed E-state index contributed by atoms with van der Waals surface area (Å²) in [7, 11) is 0. The maximum Gasteiger partial charge on any atom is 0.323 e. The van der Waals surface area contributed by atoms with Crippen LogP contribution < -0.4 is 10.6 Å². The number of aromatic nitrogens is 2. The number of nitrogens with one attached hydrogen (secondary N) is 2. The standard InChI is InChI=1S/C38H45ClN6O4/c1-5-7-17-43(18-8-6-2)37(48)34-20-26(4)45(42-34)35-16-14-30(40-38(49)41-33-15-13-29(39)19-25(33)3)22-32(35)36(47)44-23-28-12-10-9-11-27(28)21-31(44)24-46/h9-16,19-20,22,31,46H,5-8,17-18,21,23-24H2,1-4H3,(H2,40,41,49). The van der Waals surface area contributed by atoms with Crippen molar-refractivity contribution in [1.82, 2.24) is 19.6 Å². The summed E-state index contributed by atoms with van der Waals surface area (Å²) >= 11 is 6.09. The van der Waals surface area contributed by atoms with Gasteiger partial charge in [-0.25, -0.2) is 9.48 Å². The number of halogens is 1. The molecule has 258 valence electrons. The fourth-order valence-electron chi connectivity index (χ4n) is 6.16. The predicted molar refractivity (Wildman–Crippen MR) is 194 cm³/mol. The molecule has 5 rings (SSSR count). The number of carbonyl (C=O) groups is 3. The summed E-state index contributed by atoms with van der Waals surface area (Å²) in [5, 5.41) is 21.4. The summed E-state index contributed by atoms with van der Waals surface area (Å²) < 4.78 is 1.62. The fraction of sp³-hybridized carbons (Fsp3) is 0.368. The van der Waals surface area contributed by atoms with Crippen molar-refractivity contribution in [3.63, 3.8) is 0 Å². The third-order valence-corrected chi connectivity index (χ3v) is 9.17. The van der Waals surface area contributed by atoms with Crippen LogP contribution in [0.2, 0.25) is 5.02 Å². The van der Waals surface area contributed by atoms with Gasteiger partial charge in [0.2, 0.25) is 0 Å². The Balaban J connectivity index is 1.51. The van der Waals surface area contributed by atoms with Gasteiger partial charge in [0.15, 0.2) is 5.69 Å². The predicted octanol–water partition coefficient (Wildman–Crippen LogP) is 7.39. The van der Waals surface area contributed by atoms with Crippen LogP contribution in [0.3, 0.4) is 0 Å². The molecule has 1 atom stereocenters. The number of benzene rings is 3. The molecule has 0 saturated heterocycles. The van der Waals surface area contributed by atoms with Crippen LogP contribution >= 0.6 is 11.6 Å². The van der Waals surface area contributed by atoms with E-state index in [2.05, 4.69) is 24.5 Å². The van der Waals surface area contributed by atoms with Crippen molar-refractivity contribution in [1.29, 1.82) is 0 Å². The first-order valence-corrected chi connectivity index (χ1v) is 17.3. The monoisotopic (exact) mass is 684 g/mol. The second-order valence-corrected chi connectivity index (χ2v) is 13.0. The molecule has 3 N–H and O–H groups in total. The van der Waals surface area contributed by atoms with E-state index >= 15 is 0 Å². The Morgan fingerprint density at radius 1 is 0.939 bits per heavy atom. The molecule has 11 heteroatoms. The zero-order valence-corrected chi connectivity index (χ0v) is 29.4. The van der Waals surface area contributed by atoms with Gasteiger partial charge in [-0.1, -0.05) is 62.6 Å². The van der Waals surface area contributed by atoms with E-state index < -0.39 is 12.1 Å². The molecule has 1 aromatic heterocycles. The van der Waals surface area contributed by atoms with Gasteiger partial charge in [-0.15, -0.1) is 0 Å². The van der Waals surface area contributed by atoms with Gasteiger partial charge in [0.1, 0.15) is 0 Å². The lowest BCUT2D eigenvalue weighted by Crippen LogP contribution is -2.46. The highest BCUT2D eigenvalue weighted by Gasteiger charge is 2.32. The topological polar surface area (TPSA) is 120 Å². The molecular formula is C38H45ClN6O4. The van der Waals surface area contributed by atoms with Crippen molar-refractivity contribution in [2.75, 3.05) is 30.3 Å². The molecule has 1 aliphatic heterocycles. The first kappa shape index (κ1) is 35.6. The van der Waals surface area contributed by atoms with Crippen LogP contribution in [-0.4, -0.2) is 68.3 Å². The van der Waals surface area contributed by atoms with Crippen LogP contribution in [0.5, 0.6) is 0 Å². The van der Waals surface area contributed by atoms with Gasteiger partial charge in [0.25, 0.3) is 11.8 Å². The molecule has 0 saturated carbocycles. The molecule has 1 aliphatic rings. The number of hydrogen-bond acceptors (Lipinski definition) is 5. The summed E-state index contributed by atoms with van der Waals surface area (Å²) in [6.07, 6.45) is 4.26. The zero-order valence-electron chi connectivity index (χ0n) is 28.6. The second kappa shape index (κ2) is 16.2. The third-order valence-electron chi connectivity index (χ3n) is 8.93. The molecule has 2 heterocycles. The average Bonchev–Trinajstić information content (AvgIpc) is 3.49. The number of urea groups is 1. The number of amides is 4. The Morgan fingerprint density at radius 3 is 2.33 bits per heavy atom. The molecule has 1 unspecified atom stereocenters. The van der Waals surface area contributed by atoms with E-state index in [0.717, 1.165) is 42.4 Å². The van der Waals surface area contributed by atoms with E-state index in [9.17, 15) is 19.5 Å². The van der Waals surface area contributed by atoms with E-state index in [1.165, 1.54) is 0 Å². The van der Waals surface area contributed by atoms with Gasteiger partial charge < -0.3 is 25.5 Å². The van der Waals surface area contributed by atoms with Gasteiger partial charge in [-0.2, -0.15) is 5.10 Å². The number of carbonyl (C=O) groups excluding carboxylic acids is 3. The molecule has 49 heavy (non-hydrogen) atoms. The van der Waals surface area contributed by atoms with E-state index in [4.69, 9.17) is 16.7 Å². The quantitative estimate of drug-likeness (QED) is 0.144. The van der Waals surface area contributed by atoms with Gasteiger partial charge in [0.05, 0.1) is 23.9 Å². The average molecular weight is 685 g/mol. The zero-order chi connectivity index (χ0) is 35.1. The maximum absolute atomic E-state index is 14.5. The van der Waals surface area contributed by atoms with Crippen LogP contribution in [0.15, 0.2) is 66.7 Å². The summed E-state index contributed by atoms with van der Waals surface area (Å²) in [4.78, 5) is 44.8. The number of aryl methyl sites for hydroxylation is 2. The van der Waals surface area contributed by atoms with Gasteiger partial charge in [0, 0.05) is 41.7 Å². The van der Waals surface area contributed by atoms with Crippen molar-refractivity contribution >= 4 is 40.8 Å². The Bertz CT molecular complexity index is 1810. The minimum absolute atomic E-state index is 0.142. The molecule has 3 aromatic carbocycles. The summed E-state index contributed by atoms with van der Waals surface area (Å²) in [5.41, 5.74) is 5.63. The summed E-state index contributed by atoms with van der Waals surface area (Å²) in [6, 6.07) is 19.0. The molecule has 10 nitrogen and oxygen atoms in total. The van der Waals surface area contributed by atoms with Crippen molar-refractivity contribution < 1.29 is 19.5 Å². The second-order valence-electron chi connectivity index (χ2n) is 12.6. The minimum Gasteiger partial charge on any atom is -0.394 e. The highest BCUT2D eigenvalue weighted by molar-refractivity contribution is 6.30. The van der Waals surface area contributed by atoms with E-state index in [-0.39, 0.29) is 24.0 Å². The SMILES string of the molecule is CCCCN(CCCC)C(=O)c1cc(C)n(-c2ccc(NC(=O)Nc3ccc(Cl)cc3C)cc2C(=O)N2Cc3ccccc3CC2CO)n1. The number of rotatable bonds is 12. The third kappa shape index (κ3) is 8.32. The van der Waals surface area contributed by atoms with Crippen molar-refractivity contribution in [3.05, 3.63) is 105 Å². The Labute approximate surface area is 293 Å². The number of hydrogen-bond donors (Lipinski definition) is 3. The van der Waals surface area contributed by atoms with Crippen molar-refractivity contribution in [2.45, 2.75) is 72.4 Å². The highest BCUT2D eigenvalue weighted by atomic mass is 35.5. The largest absolute Gasteiger partial charge is 0.394 e. The smallest absolute Gasteiger partial charge is 0.323 e. The first-order valence-electron chi connectivity index (χ1n) is 17.0. The highest BCUT2D eigenvalue weighted by Crippen LogP contribution is 2.29. The van der Waals surface area contributed by atoms with E-state index in [1.807, 2.05) is 43.0 Å². The van der Waals surface area contributed by atoms with Crippen LogP contribution in [0.25, 0.3) is 5.69 Å². The maximum atomic E-state index is 14.5. The molecular weight excluding hydrogens is 640 g/mol. The Morgan fingerprint density at radius 2 is 1.65 bits per heavy atom. The number of fused-ring (bicyclic) bond motifs is 1. The Kier molecular flexibility index (Phi) is 11.7. The number of anilines is 2. The molecule has 0 aliphatic carbocycles. The Hall–Kier alpha value is -4.67. The van der Waals surface area contributed by atoms with E-state index in [0.29, 0.717) is 59.5 Å². The van der Waals surface area contributed by atoms with Gasteiger partial charge in [-0.3, -0.25) is 9.59 Å². The molecule has 0 fully saturated rings. The van der Waals surface area contributed by atoms with Crippen molar-refractivity contribution in [3.8, 4) is 5.69 Å². The normalized spacial score (nSPS) is 13.9. The fourth-order valence-corrected chi connectivity index (χ4v) is 6.39. The number of aliphatic hydroxyl groups excluding tert-OH is 1. The lowest BCUT2D eigenvalue weighted by atomic mass is 9.93. The minimum atomic E-state index is -0.487. The molecule has 0 radical (unpaired) electrons. The van der Waals surface area contributed by atoms with Crippen LogP contribution in [-0.2, 0) is 13.0 Å². The van der Waals surface area contributed by atoms with Crippen LogP contribution in [0.1, 0.15) is 82.8 Å². The molecule has 0 bridgehead atoms. The van der Waals surface area contributed by atoms with Crippen LogP contribution in [0.4, 0.5) is 16.2 Å². The summed E-state index contributed by atoms with van der Waals surface area (Å²) in [6.45, 7) is 9.32. The number of unbranched alkanes of at least 4 members (excludes halogenated alkanes) is 2. The molecule has 4 aromatic rings. The number of nitrogens with zero attached hydrogens (tertiary/aromatic N) is 4.